The minimum atomic E-state index is -1.35. The van der Waals surface area contributed by atoms with Crippen LogP contribution in [0.5, 0.6) is 0 Å². The molecule has 0 spiro atoms. The number of aliphatic hydroxyl groups is 3. The van der Waals surface area contributed by atoms with Gasteiger partial charge in [-0.1, -0.05) is 13.8 Å². The second-order valence-electron chi connectivity index (χ2n) is 4.28. The maximum absolute atomic E-state index is 11.5. The molecule has 3 N–H and O–H groups in total. The average Bonchev–Trinajstić information content (AvgIpc) is 2.52. The van der Waals surface area contributed by atoms with Gasteiger partial charge in [0.05, 0.1) is 13.2 Å². The number of hydrogen-bond acceptors (Lipinski definition) is 6. The lowest BCUT2D eigenvalue weighted by molar-refractivity contribution is -0.161. The Labute approximate surface area is 93.8 Å². The van der Waals surface area contributed by atoms with Crippen molar-refractivity contribution in [1.82, 2.24) is 0 Å². The summed E-state index contributed by atoms with van der Waals surface area (Å²) in [6.07, 6.45) is -4.77. The molecule has 1 aliphatic rings. The molecule has 0 unspecified atom stereocenters. The Morgan fingerprint density at radius 2 is 2.00 bits per heavy atom. The van der Waals surface area contributed by atoms with Crippen molar-refractivity contribution in [2.24, 2.45) is 5.92 Å². The van der Waals surface area contributed by atoms with Crippen LogP contribution < -0.4 is 0 Å². The number of esters is 1. The lowest BCUT2D eigenvalue weighted by Crippen LogP contribution is -2.38. The van der Waals surface area contributed by atoms with Gasteiger partial charge in [-0.15, -0.1) is 0 Å². The highest BCUT2D eigenvalue weighted by Gasteiger charge is 2.46. The smallest absolute Gasteiger partial charge is 0.338 e. The standard InChI is InChI=1S/C10H18O6/c1-5(2)4-15-10(14)9-8(13)7(12)6(3-11)16-9/h5-9,11-13H,3-4H2,1-2H3/t6-,7-,8+,9+/m1/s1. The molecule has 4 atom stereocenters. The molecule has 0 bridgehead atoms. The maximum atomic E-state index is 11.5. The minimum Gasteiger partial charge on any atom is -0.463 e. The first-order valence-electron chi connectivity index (χ1n) is 5.26. The monoisotopic (exact) mass is 234 g/mol. The topological polar surface area (TPSA) is 96.2 Å². The molecular weight excluding hydrogens is 216 g/mol. The summed E-state index contributed by atoms with van der Waals surface area (Å²) >= 11 is 0. The van der Waals surface area contributed by atoms with Crippen LogP contribution in [0.15, 0.2) is 0 Å². The number of carbonyl (C=O) groups excluding carboxylic acids is 1. The number of carbonyl (C=O) groups is 1. The van der Waals surface area contributed by atoms with Gasteiger partial charge in [0.25, 0.3) is 0 Å². The molecule has 0 saturated carbocycles. The SMILES string of the molecule is CC(C)COC(=O)[C@H]1O[C@H](CO)[C@@H](O)[C@@H]1O. The quantitative estimate of drug-likeness (QED) is 0.521. The molecule has 1 heterocycles. The van der Waals surface area contributed by atoms with Gasteiger partial charge in [0, 0.05) is 0 Å². The van der Waals surface area contributed by atoms with Crippen molar-refractivity contribution in [2.45, 2.75) is 38.3 Å². The predicted octanol–water partition coefficient (Wildman–Crippen LogP) is -1.33. The lowest BCUT2D eigenvalue weighted by Gasteiger charge is -2.14. The van der Waals surface area contributed by atoms with Crippen LogP contribution in [0.25, 0.3) is 0 Å². The molecule has 1 aliphatic heterocycles. The minimum absolute atomic E-state index is 0.182. The van der Waals surface area contributed by atoms with Gasteiger partial charge >= 0.3 is 5.97 Å². The zero-order chi connectivity index (χ0) is 12.3. The fourth-order valence-corrected chi connectivity index (χ4v) is 1.43. The van der Waals surface area contributed by atoms with Crippen LogP contribution in [0, 0.1) is 5.92 Å². The summed E-state index contributed by atoms with van der Waals surface area (Å²) < 4.78 is 9.89. The van der Waals surface area contributed by atoms with E-state index in [1.165, 1.54) is 0 Å². The van der Waals surface area contributed by atoms with Gasteiger partial charge in [-0.3, -0.25) is 0 Å². The number of hydrogen-bond donors (Lipinski definition) is 3. The highest BCUT2D eigenvalue weighted by atomic mass is 16.6. The van der Waals surface area contributed by atoms with Crippen molar-refractivity contribution < 1.29 is 29.6 Å². The van der Waals surface area contributed by atoms with Crippen LogP contribution >= 0.6 is 0 Å². The Morgan fingerprint density at radius 3 is 2.44 bits per heavy atom. The zero-order valence-electron chi connectivity index (χ0n) is 9.37. The first-order valence-corrected chi connectivity index (χ1v) is 5.26. The Balaban J connectivity index is 2.51. The van der Waals surface area contributed by atoms with Gasteiger partial charge < -0.3 is 24.8 Å². The summed E-state index contributed by atoms with van der Waals surface area (Å²) in [4.78, 5) is 11.5. The van der Waals surface area contributed by atoms with Crippen LogP contribution in [-0.2, 0) is 14.3 Å². The molecule has 6 nitrogen and oxygen atoms in total. The zero-order valence-corrected chi connectivity index (χ0v) is 9.37. The Hall–Kier alpha value is -0.690. The molecular formula is C10H18O6. The van der Waals surface area contributed by atoms with E-state index in [9.17, 15) is 15.0 Å². The molecule has 0 aromatic heterocycles. The summed E-state index contributed by atoms with van der Waals surface area (Å²) in [6.45, 7) is 3.53. The molecule has 94 valence electrons. The van der Waals surface area contributed by atoms with Crippen LogP contribution in [0.1, 0.15) is 13.8 Å². The van der Waals surface area contributed by atoms with Crippen molar-refractivity contribution in [3.63, 3.8) is 0 Å². The highest BCUT2D eigenvalue weighted by molar-refractivity contribution is 5.76. The van der Waals surface area contributed by atoms with E-state index in [4.69, 9.17) is 14.6 Å². The molecule has 1 saturated heterocycles. The van der Waals surface area contributed by atoms with Crippen molar-refractivity contribution >= 4 is 5.97 Å². The van der Waals surface area contributed by atoms with E-state index >= 15 is 0 Å². The number of ether oxygens (including phenoxy) is 2. The molecule has 16 heavy (non-hydrogen) atoms. The molecule has 1 fully saturated rings. The third-order valence-corrected chi connectivity index (χ3v) is 2.33. The van der Waals surface area contributed by atoms with Crippen molar-refractivity contribution in [3.8, 4) is 0 Å². The molecule has 1 rings (SSSR count). The summed E-state index contributed by atoms with van der Waals surface area (Å²) in [6, 6.07) is 0. The van der Waals surface area contributed by atoms with E-state index in [0.29, 0.717) is 0 Å². The molecule has 0 amide bonds. The fraction of sp³-hybridized carbons (Fsp3) is 0.900. The van der Waals surface area contributed by atoms with Gasteiger partial charge in [-0.25, -0.2) is 4.79 Å². The van der Waals surface area contributed by atoms with Crippen LogP contribution in [-0.4, -0.2) is 58.9 Å². The van der Waals surface area contributed by atoms with E-state index in [2.05, 4.69) is 0 Å². The molecule has 0 aliphatic carbocycles. The summed E-state index contributed by atoms with van der Waals surface area (Å²) in [5, 5.41) is 27.7. The molecule has 0 radical (unpaired) electrons. The maximum Gasteiger partial charge on any atom is 0.338 e. The second-order valence-corrected chi connectivity index (χ2v) is 4.28. The number of rotatable bonds is 4. The van der Waals surface area contributed by atoms with Gasteiger partial charge in [0.15, 0.2) is 6.10 Å². The first-order chi connectivity index (χ1) is 7.47. The first kappa shape index (κ1) is 13.4. The van der Waals surface area contributed by atoms with Crippen molar-refractivity contribution in [1.29, 1.82) is 0 Å². The summed E-state index contributed by atoms with van der Waals surface area (Å²) in [5.41, 5.74) is 0. The molecule has 0 aromatic rings. The molecule has 6 heteroatoms. The Morgan fingerprint density at radius 1 is 1.38 bits per heavy atom. The Bertz CT molecular complexity index is 241. The van der Waals surface area contributed by atoms with E-state index in [1.807, 2.05) is 13.8 Å². The normalized spacial score (nSPS) is 34.4. The van der Waals surface area contributed by atoms with Crippen LogP contribution in [0.3, 0.4) is 0 Å². The summed E-state index contributed by atoms with van der Waals surface area (Å²) in [5.74, 6) is -0.530. The van der Waals surface area contributed by atoms with Gasteiger partial charge in [0.1, 0.15) is 18.3 Å². The summed E-state index contributed by atoms with van der Waals surface area (Å²) in [7, 11) is 0. The van der Waals surface area contributed by atoms with Crippen molar-refractivity contribution in [3.05, 3.63) is 0 Å². The Kier molecular flexibility index (Phi) is 4.67. The van der Waals surface area contributed by atoms with E-state index in [-0.39, 0.29) is 12.5 Å². The van der Waals surface area contributed by atoms with E-state index in [1.54, 1.807) is 0 Å². The van der Waals surface area contributed by atoms with Crippen LogP contribution in [0.4, 0.5) is 0 Å². The van der Waals surface area contributed by atoms with Crippen LogP contribution in [0.2, 0.25) is 0 Å². The van der Waals surface area contributed by atoms with Crippen molar-refractivity contribution in [2.75, 3.05) is 13.2 Å². The van der Waals surface area contributed by atoms with E-state index in [0.717, 1.165) is 0 Å². The highest BCUT2D eigenvalue weighted by Crippen LogP contribution is 2.22. The lowest BCUT2D eigenvalue weighted by atomic mass is 10.1. The number of aliphatic hydroxyl groups excluding tert-OH is 3. The van der Waals surface area contributed by atoms with E-state index < -0.39 is 37.0 Å². The fourth-order valence-electron chi connectivity index (χ4n) is 1.43. The van der Waals surface area contributed by atoms with Gasteiger partial charge in [-0.2, -0.15) is 0 Å². The van der Waals surface area contributed by atoms with Gasteiger partial charge in [-0.05, 0) is 5.92 Å². The predicted molar refractivity (Wildman–Crippen MR) is 53.6 cm³/mol. The van der Waals surface area contributed by atoms with Gasteiger partial charge in [0.2, 0.25) is 0 Å². The third kappa shape index (κ3) is 2.91. The largest absolute Gasteiger partial charge is 0.463 e. The second kappa shape index (κ2) is 5.58. The average molecular weight is 234 g/mol. The third-order valence-electron chi connectivity index (χ3n) is 2.33. The molecule has 0 aromatic carbocycles.